The Bertz CT molecular complexity index is 317. The maximum atomic E-state index is 4.38. The van der Waals surface area contributed by atoms with Gasteiger partial charge in [0.05, 0.1) is 0 Å². The highest BCUT2D eigenvalue weighted by Crippen LogP contribution is 2.36. The molecule has 92 valence electrons. The molecule has 1 heterocycles. The first kappa shape index (κ1) is 14.2. The van der Waals surface area contributed by atoms with Gasteiger partial charge in [-0.15, -0.1) is 0 Å². The highest BCUT2D eigenvalue weighted by atomic mass is 79.9. The van der Waals surface area contributed by atoms with Crippen molar-refractivity contribution in [1.29, 1.82) is 0 Å². The standard InChI is InChI=1S/C12H20Br2N2/c1-10(2)12(8-13,9-14)5-4-11-15-6-7-16(11)3/h6-7,10H,4-5,8-9H2,1-3H3. The molecule has 0 aliphatic carbocycles. The zero-order valence-corrected chi connectivity index (χ0v) is 13.4. The molecule has 0 unspecified atom stereocenters. The van der Waals surface area contributed by atoms with E-state index in [0.717, 1.165) is 23.5 Å². The van der Waals surface area contributed by atoms with Crippen LogP contribution in [0.4, 0.5) is 0 Å². The van der Waals surface area contributed by atoms with Gasteiger partial charge >= 0.3 is 0 Å². The van der Waals surface area contributed by atoms with Crippen molar-refractivity contribution in [2.75, 3.05) is 10.7 Å². The van der Waals surface area contributed by atoms with E-state index in [4.69, 9.17) is 0 Å². The van der Waals surface area contributed by atoms with Crippen LogP contribution in [0.5, 0.6) is 0 Å². The predicted octanol–water partition coefficient (Wildman–Crippen LogP) is 3.78. The lowest BCUT2D eigenvalue weighted by Gasteiger charge is -2.34. The van der Waals surface area contributed by atoms with Gasteiger partial charge in [-0.2, -0.15) is 0 Å². The van der Waals surface area contributed by atoms with Crippen LogP contribution in [0.2, 0.25) is 0 Å². The van der Waals surface area contributed by atoms with E-state index in [-0.39, 0.29) is 0 Å². The highest BCUT2D eigenvalue weighted by molar-refractivity contribution is 9.09. The molecule has 0 radical (unpaired) electrons. The number of rotatable bonds is 6. The molecule has 1 rings (SSSR count). The van der Waals surface area contributed by atoms with E-state index >= 15 is 0 Å². The fraction of sp³-hybridized carbons (Fsp3) is 0.750. The number of halogens is 2. The molecule has 1 aromatic heterocycles. The monoisotopic (exact) mass is 350 g/mol. The Morgan fingerprint density at radius 3 is 2.38 bits per heavy atom. The lowest BCUT2D eigenvalue weighted by atomic mass is 9.77. The highest BCUT2D eigenvalue weighted by Gasteiger charge is 2.31. The Kier molecular flexibility index (Phi) is 5.51. The number of hydrogen-bond acceptors (Lipinski definition) is 1. The van der Waals surface area contributed by atoms with Crippen LogP contribution in [0.1, 0.15) is 26.1 Å². The van der Waals surface area contributed by atoms with Crippen LogP contribution in [0.15, 0.2) is 12.4 Å². The fourth-order valence-corrected chi connectivity index (χ4v) is 4.55. The van der Waals surface area contributed by atoms with Crippen molar-refractivity contribution in [3.63, 3.8) is 0 Å². The molecule has 0 saturated heterocycles. The Morgan fingerprint density at radius 2 is 2.00 bits per heavy atom. The summed E-state index contributed by atoms with van der Waals surface area (Å²) in [5, 5.41) is 2.07. The minimum absolute atomic E-state index is 0.325. The lowest BCUT2D eigenvalue weighted by Crippen LogP contribution is -2.32. The molecule has 1 aromatic rings. The second-order valence-electron chi connectivity index (χ2n) is 4.74. The zero-order valence-electron chi connectivity index (χ0n) is 10.2. The quantitative estimate of drug-likeness (QED) is 0.713. The van der Waals surface area contributed by atoms with Gasteiger partial charge in [0.1, 0.15) is 5.82 Å². The van der Waals surface area contributed by atoms with Crippen molar-refractivity contribution in [2.24, 2.45) is 18.4 Å². The Morgan fingerprint density at radius 1 is 1.38 bits per heavy atom. The third kappa shape index (κ3) is 3.10. The van der Waals surface area contributed by atoms with E-state index in [0.29, 0.717) is 11.3 Å². The second kappa shape index (κ2) is 6.20. The molecule has 0 spiro atoms. The molecule has 0 fully saturated rings. The molecule has 0 bridgehead atoms. The molecule has 0 amide bonds. The minimum atomic E-state index is 0.325. The Labute approximate surface area is 115 Å². The van der Waals surface area contributed by atoms with Crippen LogP contribution in [0, 0.1) is 11.3 Å². The fourth-order valence-electron chi connectivity index (χ4n) is 1.76. The summed E-state index contributed by atoms with van der Waals surface area (Å²) in [5.41, 5.74) is 0.325. The van der Waals surface area contributed by atoms with Crippen molar-refractivity contribution in [2.45, 2.75) is 26.7 Å². The summed E-state index contributed by atoms with van der Waals surface area (Å²) >= 11 is 7.32. The Balaban J connectivity index is 2.67. The zero-order chi connectivity index (χ0) is 12.2. The van der Waals surface area contributed by atoms with Gasteiger partial charge in [0.25, 0.3) is 0 Å². The van der Waals surface area contributed by atoms with Gasteiger partial charge in [0.15, 0.2) is 0 Å². The van der Waals surface area contributed by atoms with E-state index < -0.39 is 0 Å². The lowest BCUT2D eigenvalue weighted by molar-refractivity contribution is 0.246. The van der Waals surface area contributed by atoms with E-state index in [1.54, 1.807) is 0 Å². The van der Waals surface area contributed by atoms with Gasteiger partial charge in [0, 0.05) is 36.5 Å². The van der Waals surface area contributed by atoms with Gasteiger partial charge in [-0.05, 0) is 17.8 Å². The SMILES string of the molecule is CC(C)C(CBr)(CBr)CCc1nccn1C. The number of nitrogens with zero attached hydrogens (tertiary/aromatic N) is 2. The molecule has 0 aromatic carbocycles. The number of imidazole rings is 1. The van der Waals surface area contributed by atoms with Gasteiger partial charge in [0.2, 0.25) is 0 Å². The van der Waals surface area contributed by atoms with Crippen LogP contribution in [0.25, 0.3) is 0 Å². The van der Waals surface area contributed by atoms with Gasteiger partial charge < -0.3 is 4.57 Å². The van der Waals surface area contributed by atoms with E-state index in [2.05, 4.69) is 62.3 Å². The molecule has 2 nitrogen and oxygen atoms in total. The van der Waals surface area contributed by atoms with Gasteiger partial charge in [-0.25, -0.2) is 4.98 Å². The molecule has 16 heavy (non-hydrogen) atoms. The van der Waals surface area contributed by atoms with Crippen LogP contribution >= 0.6 is 31.9 Å². The number of hydrogen-bond donors (Lipinski definition) is 0. The third-order valence-corrected chi connectivity index (χ3v) is 5.76. The van der Waals surface area contributed by atoms with Crippen LogP contribution in [-0.4, -0.2) is 20.2 Å². The van der Waals surface area contributed by atoms with Crippen molar-refractivity contribution in [3.05, 3.63) is 18.2 Å². The molecular formula is C12H20Br2N2. The largest absolute Gasteiger partial charge is 0.338 e. The molecule has 0 aliphatic rings. The molecule has 0 saturated carbocycles. The molecule has 0 N–H and O–H groups in total. The van der Waals surface area contributed by atoms with Crippen molar-refractivity contribution in [1.82, 2.24) is 9.55 Å². The summed E-state index contributed by atoms with van der Waals surface area (Å²) in [6.45, 7) is 4.59. The van der Waals surface area contributed by atoms with Gasteiger partial charge in [-0.1, -0.05) is 45.7 Å². The summed E-state index contributed by atoms with van der Waals surface area (Å²) in [4.78, 5) is 4.38. The average molecular weight is 352 g/mol. The van der Waals surface area contributed by atoms with Crippen molar-refractivity contribution in [3.8, 4) is 0 Å². The molecular weight excluding hydrogens is 332 g/mol. The van der Waals surface area contributed by atoms with E-state index in [1.807, 2.05) is 12.4 Å². The maximum Gasteiger partial charge on any atom is 0.108 e. The smallest absolute Gasteiger partial charge is 0.108 e. The molecule has 4 heteroatoms. The summed E-state index contributed by atoms with van der Waals surface area (Å²) in [5.74, 6) is 1.83. The first-order chi connectivity index (χ1) is 7.55. The number of aryl methyl sites for hydroxylation is 2. The first-order valence-electron chi connectivity index (χ1n) is 5.64. The van der Waals surface area contributed by atoms with E-state index in [1.165, 1.54) is 5.82 Å². The maximum absolute atomic E-state index is 4.38. The molecule has 0 atom stereocenters. The Hall–Kier alpha value is 0.170. The van der Waals surface area contributed by atoms with Crippen LogP contribution < -0.4 is 0 Å². The number of aromatic nitrogens is 2. The van der Waals surface area contributed by atoms with Crippen molar-refractivity contribution >= 4 is 31.9 Å². The molecule has 0 aliphatic heterocycles. The minimum Gasteiger partial charge on any atom is -0.338 e. The first-order valence-corrected chi connectivity index (χ1v) is 7.88. The summed E-state index contributed by atoms with van der Waals surface area (Å²) in [6, 6.07) is 0. The average Bonchev–Trinajstić information content (AvgIpc) is 2.66. The predicted molar refractivity (Wildman–Crippen MR) is 76.4 cm³/mol. The van der Waals surface area contributed by atoms with Crippen molar-refractivity contribution < 1.29 is 0 Å². The topological polar surface area (TPSA) is 17.8 Å². The normalized spacial score (nSPS) is 12.4. The summed E-state index contributed by atoms with van der Waals surface area (Å²) < 4.78 is 2.10. The second-order valence-corrected chi connectivity index (χ2v) is 5.86. The van der Waals surface area contributed by atoms with Gasteiger partial charge in [-0.3, -0.25) is 0 Å². The summed E-state index contributed by atoms with van der Waals surface area (Å²) in [6.07, 6.45) is 6.08. The van der Waals surface area contributed by atoms with E-state index in [9.17, 15) is 0 Å². The van der Waals surface area contributed by atoms with Crippen LogP contribution in [0.3, 0.4) is 0 Å². The van der Waals surface area contributed by atoms with Crippen LogP contribution in [-0.2, 0) is 13.5 Å². The number of alkyl halides is 2. The third-order valence-electron chi connectivity index (χ3n) is 3.52. The summed E-state index contributed by atoms with van der Waals surface area (Å²) in [7, 11) is 2.06.